The Labute approximate surface area is 123 Å². The molecule has 0 fully saturated rings. The van der Waals surface area contributed by atoms with Crippen molar-refractivity contribution in [2.24, 2.45) is 0 Å². The summed E-state index contributed by atoms with van der Waals surface area (Å²) in [5.41, 5.74) is 0.355. The Kier molecular flexibility index (Phi) is 4.22. The van der Waals surface area contributed by atoms with E-state index in [2.05, 4.69) is 4.98 Å². The van der Waals surface area contributed by atoms with Gasteiger partial charge in [-0.05, 0) is 41.8 Å². The van der Waals surface area contributed by atoms with Crippen LogP contribution in [-0.4, -0.2) is 16.1 Å². The van der Waals surface area contributed by atoms with Gasteiger partial charge >= 0.3 is 12.1 Å². The van der Waals surface area contributed by atoms with Crippen molar-refractivity contribution in [2.75, 3.05) is 0 Å². The Morgan fingerprint density at radius 2 is 1.95 bits per heavy atom. The summed E-state index contributed by atoms with van der Waals surface area (Å²) in [6.07, 6.45) is -2.87. The van der Waals surface area contributed by atoms with Gasteiger partial charge < -0.3 is 10.1 Å². The van der Waals surface area contributed by atoms with Crippen LogP contribution in [-0.2, 0) is 17.4 Å². The molecule has 22 heavy (non-hydrogen) atoms. The highest BCUT2D eigenvalue weighted by Gasteiger charge is 2.31. The Hall–Kier alpha value is -2.75. The average molecular weight is 308 g/mol. The molecule has 4 nitrogen and oxygen atoms in total. The zero-order valence-corrected chi connectivity index (χ0v) is 11.2. The third-order valence-corrected chi connectivity index (χ3v) is 3.07. The molecule has 0 radical (unpaired) electrons. The number of carboxylic acid groups (broad SMARTS) is 1. The van der Waals surface area contributed by atoms with Crippen LogP contribution < -0.4 is 0 Å². The van der Waals surface area contributed by atoms with Gasteiger partial charge in [0.1, 0.15) is 0 Å². The van der Waals surface area contributed by atoms with E-state index in [4.69, 9.17) is 10.4 Å². The van der Waals surface area contributed by atoms with Crippen molar-refractivity contribution in [3.63, 3.8) is 0 Å². The summed E-state index contributed by atoms with van der Waals surface area (Å²) < 4.78 is 38.5. The normalized spacial score (nSPS) is 11.2. The summed E-state index contributed by atoms with van der Waals surface area (Å²) in [5, 5.41) is 17.5. The first-order valence-corrected chi connectivity index (χ1v) is 6.31. The molecule has 0 atom stereocenters. The fourth-order valence-corrected chi connectivity index (χ4v) is 2.02. The average Bonchev–Trinajstić information content (AvgIpc) is 2.92. The van der Waals surface area contributed by atoms with E-state index in [9.17, 15) is 18.0 Å². The van der Waals surface area contributed by atoms with Crippen molar-refractivity contribution in [2.45, 2.75) is 19.0 Å². The largest absolute Gasteiger partial charge is 0.481 e. The molecule has 0 amide bonds. The molecular formula is C15H11F3N2O2. The van der Waals surface area contributed by atoms with E-state index in [0.717, 1.165) is 12.1 Å². The molecule has 0 spiro atoms. The molecule has 114 valence electrons. The summed E-state index contributed by atoms with van der Waals surface area (Å²) in [6, 6.07) is 6.41. The Bertz CT molecular complexity index is 742. The van der Waals surface area contributed by atoms with E-state index in [1.807, 2.05) is 0 Å². The number of carbonyl (C=O) groups is 1. The second-order valence-electron chi connectivity index (χ2n) is 4.72. The molecule has 2 rings (SSSR count). The molecule has 0 aliphatic rings. The zero-order chi connectivity index (χ0) is 16.3. The van der Waals surface area contributed by atoms with E-state index in [0.29, 0.717) is 11.3 Å². The van der Waals surface area contributed by atoms with E-state index in [-0.39, 0.29) is 24.0 Å². The van der Waals surface area contributed by atoms with Crippen molar-refractivity contribution >= 4 is 5.97 Å². The van der Waals surface area contributed by atoms with Crippen LogP contribution in [0.4, 0.5) is 13.2 Å². The number of aliphatic carboxylic acids is 1. The van der Waals surface area contributed by atoms with Crippen LogP contribution in [0.5, 0.6) is 0 Å². The molecule has 0 unspecified atom stereocenters. The highest BCUT2D eigenvalue weighted by atomic mass is 19.4. The molecule has 2 N–H and O–H groups in total. The first-order chi connectivity index (χ1) is 10.3. The number of carboxylic acids is 1. The number of hydrogen-bond donors (Lipinski definition) is 2. The predicted octanol–water partition coefficient (Wildman–Crippen LogP) is 3.59. The van der Waals surface area contributed by atoms with Crippen LogP contribution in [0.15, 0.2) is 30.5 Å². The van der Waals surface area contributed by atoms with Crippen LogP contribution in [0, 0.1) is 11.3 Å². The molecule has 0 aliphatic heterocycles. The summed E-state index contributed by atoms with van der Waals surface area (Å²) >= 11 is 0. The molecule has 0 saturated heterocycles. The zero-order valence-electron chi connectivity index (χ0n) is 11.2. The standard InChI is InChI=1S/C15H11F3N2O2/c16-15(17,18)12-4-9(7-19)3-10(5-12)11-6-13(20-8-11)1-2-14(21)22/h3-6,8,20H,1-2H2,(H,21,22). The van der Waals surface area contributed by atoms with Crippen molar-refractivity contribution in [1.82, 2.24) is 4.98 Å². The van der Waals surface area contributed by atoms with Crippen molar-refractivity contribution in [3.05, 3.63) is 47.3 Å². The van der Waals surface area contributed by atoms with Crippen LogP contribution in [0.2, 0.25) is 0 Å². The molecule has 1 heterocycles. The lowest BCUT2D eigenvalue weighted by molar-refractivity contribution is -0.138. The van der Waals surface area contributed by atoms with Gasteiger partial charge in [0, 0.05) is 11.9 Å². The first kappa shape index (κ1) is 15.6. The van der Waals surface area contributed by atoms with Gasteiger partial charge in [0.25, 0.3) is 0 Å². The van der Waals surface area contributed by atoms with Crippen molar-refractivity contribution < 1.29 is 23.1 Å². The number of nitriles is 1. The molecule has 0 bridgehead atoms. The third kappa shape index (κ3) is 3.67. The lowest BCUT2D eigenvalue weighted by atomic mass is 10.0. The van der Waals surface area contributed by atoms with Crippen LogP contribution in [0.25, 0.3) is 11.1 Å². The number of alkyl halides is 3. The molecule has 2 aromatic rings. The fraction of sp³-hybridized carbons (Fsp3) is 0.200. The maximum Gasteiger partial charge on any atom is 0.416 e. The number of nitrogens with zero attached hydrogens (tertiary/aromatic N) is 1. The number of rotatable bonds is 4. The maximum atomic E-state index is 12.8. The van der Waals surface area contributed by atoms with Crippen molar-refractivity contribution in [3.8, 4) is 17.2 Å². The number of aromatic nitrogens is 1. The highest BCUT2D eigenvalue weighted by Crippen LogP contribution is 2.33. The van der Waals surface area contributed by atoms with E-state index in [1.165, 1.54) is 12.3 Å². The number of hydrogen-bond acceptors (Lipinski definition) is 2. The van der Waals surface area contributed by atoms with Crippen LogP contribution in [0.3, 0.4) is 0 Å². The smallest absolute Gasteiger partial charge is 0.416 e. The van der Waals surface area contributed by atoms with Gasteiger partial charge in [-0.2, -0.15) is 18.4 Å². The molecule has 0 saturated carbocycles. The van der Waals surface area contributed by atoms with Crippen LogP contribution in [0.1, 0.15) is 23.2 Å². The third-order valence-electron chi connectivity index (χ3n) is 3.07. The number of halogens is 3. The second-order valence-corrected chi connectivity index (χ2v) is 4.72. The minimum atomic E-state index is -4.54. The number of H-pyrrole nitrogens is 1. The van der Waals surface area contributed by atoms with Crippen LogP contribution >= 0.6 is 0 Å². The molecule has 7 heteroatoms. The Balaban J connectivity index is 2.36. The minimum Gasteiger partial charge on any atom is -0.481 e. The quantitative estimate of drug-likeness (QED) is 0.906. The van der Waals surface area contributed by atoms with Gasteiger partial charge in [0.2, 0.25) is 0 Å². The van der Waals surface area contributed by atoms with Crippen molar-refractivity contribution in [1.29, 1.82) is 5.26 Å². The molecule has 0 aliphatic carbocycles. The number of aryl methyl sites for hydroxylation is 1. The monoisotopic (exact) mass is 308 g/mol. The van der Waals surface area contributed by atoms with Gasteiger partial charge in [-0.1, -0.05) is 0 Å². The SMILES string of the molecule is N#Cc1cc(-c2c[nH]c(CCC(=O)O)c2)cc(C(F)(F)F)c1. The molecule has 1 aromatic heterocycles. The Morgan fingerprint density at radius 3 is 2.55 bits per heavy atom. The van der Waals surface area contributed by atoms with E-state index < -0.39 is 17.7 Å². The summed E-state index contributed by atoms with van der Waals surface area (Å²) in [7, 11) is 0. The lowest BCUT2D eigenvalue weighted by Gasteiger charge is -2.09. The first-order valence-electron chi connectivity index (χ1n) is 6.31. The van der Waals surface area contributed by atoms with Gasteiger partial charge in [-0.25, -0.2) is 0 Å². The van der Waals surface area contributed by atoms with Gasteiger partial charge in [-0.15, -0.1) is 0 Å². The van der Waals surface area contributed by atoms with E-state index >= 15 is 0 Å². The molecule has 1 aromatic carbocycles. The second kappa shape index (κ2) is 5.93. The summed E-state index contributed by atoms with van der Waals surface area (Å²) in [4.78, 5) is 13.3. The number of aromatic amines is 1. The minimum absolute atomic E-state index is 0.0774. The molecular weight excluding hydrogens is 297 g/mol. The van der Waals surface area contributed by atoms with Gasteiger partial charge in [0.05, 0.1) is 23.6 Å². The number of benzene rings is 1. The predicted molar refractivity (Wildman–Crippen MR) is 71.9 cm³/mol. The maximum absolute atomic E-state index is 12.8. The van der Waals surface area contributed by atoms with E-state index in [1.54, 1.807) is 12.1 Å². The summed E-state index contributed by atoms with van der Waals surface area (Å²) in [6.45, 7) is 0. The highest BCUT2D eigenvalue weighted by molar-refractivity contribution is 5.68. The lowest BCUT2D eigenvalue weighted by Crippen LogP contribution is -2.05. The number of nitrogens with one attached hydrogen (secondary N) is 1. The summed E-state index contributed by atoms with van der Waals surface area (Å²) in [5.74, 6) is -0.956. The fourth-order valence-electron chi connectivity index (χ4n) is 2.02. The topological polar surface area (TPSA) is 76.9 Å². The van der Waals surface area contributed by atoms with Gasteiger partial charge in [-0.3, -0.25) is 4.79 Å². The Morgan fingerprint density at radius 1 is 1.23 bits per heavy atom. The van der Waals surface area contributed by atoms with Gasteiger partial charge in [0.15, 0.2) is 0 Å².